The van der Waals surface area contributed by atoms with E-state index >= 15 is 0 Å². The van der Waals surface area contributed by atoms with Crippen molar-refractivity contribution >= 4 is 22.4 Å². The van der Waals surface area contributed by atoms with Crippen LogP contribution in [0.15, 0.2) is 45.7 Å². The van der Waals surface area contributed by atoms with Gasteiger partial charge in [-0.3, -0.25) is 4.79 Å². The normalized spacial score (nSPS) is 17.1. The van der Waals surface area contributed by atoms with E-state index in [2.05, 4.69) is 9.68 Å². The molecule has 0 saturated heterocycles. The summed E-state index contributed by atoms with van der Waals surface area (Å²) in [5.41, 5.74) is -6.43. The number of aliphatic hydroxyl groups is 1. The molecule has 1 saturated carbocycles. The minimum absolute atomic E-state index is 0.0374. The number of hydrogen-bond acceptors (Lipinski definition) is 5. The summed E-state index contributed by atoms with van der Waals surface area (Å²) >= 11 is 0. The molecule has 3 aromatic rings. The Kier molecular flexibility index (Phi) is 5.71. The molecule has 2 aromatic carbocycles. The first-order valence-electron chi connectivity index (χ1n) is 10.3. The maximum absolute atomic E-state index is 14.5. The van der Waals surface area contributed by atoms with Crippen LogP contribution in [0.5, 0.6) is 0 Å². The number of aromatic nitrogens is 1. The molecular weight excluding hydrogens is 463 g/mol. The number of halogens is 5. The van der Waals surface area contributed by atoms with Gasteiger partial charge < -0.3 is 14.9 Å². The number of nitrogens with one attached hydrogen (secondary N) is 1. The second kappa shape index (κ2) is 8.15. The lowest BCUT2D eigenvalue weighted by atomic mass is 9.59. The summed E-state index contributed by atoms with van der Waals surface area (Å²) < 4.78 is 75.1. The van der Waals surface area contributed by atoms with Gasteiger partial charge in [0.05, 0.1) is 11.1 Å². The Labute approximate surface area is 189 Å². The van der Waals surface area contributed by atoms with Gasteiger partial charge in [0.1, 0.15) is 0 Å². The molecule has 34 heavy (non-hydrogen) atoms. The van der Waals surface area contributed by atoms with E-state index < -0.39 is 46.8 Å². The third kappa shape index (κ3) is 3.83. The molecule has 0 aliphatic heterocycles. The number of aryl methyl sites for hydroxylation is 1. The number of anilines is 1. The topological polar surface area (TPSA) is 92.4 Å². The maximum atomic E-state index is 14.5. The molecule has 1 aliphatic carbocycles. The SMILES string of the molecule is Cc1noc(=O)c2ccc(NC(=O)C(O)(CC3(c4cccc(F)c4F)CCC3)C(F)(F)F)cc12. The highest BCUT2D eigenvalue weighted by Crippen LogP contribution is 2.52. The monoisotopic (exact) mass is 482 g/mol. The fourth-order valence-corrected chi connectivity index (χ4v) is 4.40. The third-order valence-electron chi connectivity index (χ3n) is 6.43. The van der Waals surface area contributed by atoms with Gasteiger partial charge in [0.2, 0.25) is 5.60 Å². The van der Waals surface area contributed by atoms with Crippen molar-refractivity contribution in [2.24, 2.45) is 0 Å². The highest BCUT2D eigenvalue weighted by atomic mass is 19.4. The Morgan fingerprint density at radius 1 is 1.18 bits per heavy atom. The van der Waals surface area contributed by atoms with Crippen molar-refractivity contribution in [1.82, 2.24) is 5.16 Å². The molecule has 0 spiro atoms. The van der Waals surface area contributed by atoms with Gasteiger partial charge in [-0.15, -0.1) is 0 Å². The number of nitrogens with zero attached hydrogens (tertiary/aromatic N) is 1. The molecule has 0 bridgehead atoms. The van der Waals surface area contributed by atoms with E-state index in [1.807, 2.05) is 5.32 Å². The summed E-state index contributed by atoms with van der Waals surface area (Å²) in [6, 6.07) is 6.82. The van der Waals surface area contributed by atoms with E-state index in [0.29, 0.717) is 6.42 Å². The molecule has 6 nitrogen and oxygen atoms in total. The van der Waals surface area contributed by atoms with Crippen LogP contribution in [-0.2, 0) is 10.2 Å². The second-order valence-corrected chi connectivity index (χ2v) is 8.54. The first kappa shape index (κ1) is 23.8. The quantitative estimate of drug-likeness (QED) is 0.522. The lowest BCUT2D eigenvalue weighted by molar-refractivity contribution is -0.257. The average molecular weight is 482 g/mol. The Balaban J connectivity index is 1.71. The van der Waals surface area contributed by atoms with Gasteiger partial charge in [0, 0.05) is 22.9 Å². The second-order valence-electron chi connectivity index (χ2n) is 8.54. The van der Waals surface area contributed by atoms with Crippen LogP contribution >= 0.6 is 0 Å². The smallest absolute Gasteiger partial charge is 0.373 e. The van der Waals surface area contributed by atoms with Crippen LogP contribution in [-0.4, -0.2) is 27.9 Å². The predicted molar refractivity (Wildman–Crippen MR) is 111 cm³/mol. The van der Waals surface area contributed by atoms with E-state index in [4.69, 9.17) is 0 Å². The molecular formula is C23H19F5N2O4. The minimum atomic E-state index is -5.42. The number of amides is 1. The van der Waals surface area contributed by atoms with E-state index in [-0.39, 0.29) is 40.6 Å². The minimum Gasteiger partial charge on any atom is -0.373 e. The van der Waals surface area contributed by atoms with Crippen LogP contribution in [0, 0.1) is 18.6 Å². The first-order chi connectivity index (χ1) is 15.9. The van der Waals surface area contributed by atoms with Crippen LogP contribution < -0.4 is 10.9 Å². The van der Waals surface area contributed by atoms with Gasteiger partial charge >= 0.3 is 11.8 Å². The summed E-state index contributed by atoms with van der Waals surface area (Å²) in [5, 5.41) is 16.6. The fourth-order valence-electron chi connectivity index (χ4n) is 4.40. The lowest BCUT2D eigenvalue weighted by Crippen LogP contribution is -2.59. The first-order valence-corrected chi connectivity index (χ1v) is 10.3. The molecule has 1 amide bonds. The van der Waals surface area contributed by atoms with Crippen molar-refractivity contribution < 1.29 is 36.4 Å². The molecule has 1 unspecified atom stereocenters. The Hall–Kier alpha value is -3.34. The van der Waals surface area contributed by atoms with E-state index in [0.717, 1.165) is 12.1 Å². The summed E-state index contributed by atoms with van der Waals surface area (Å²) in [6.45, 7) is 1.50. The number of rotatable bonds is 5. The van der Waals surface area contributed by atoms with Gasteiger partial charge in [-0.2, -0.15) is 13.2 Å². The zero-order chi connectivity index (χ0) is 24.9. The molecule has 4 rings (SSSR count). The van der Waals surface area contributed by atoms with Crippen molar-refractivity contribution in [2.75, 3.05) is 5.32 Å². The van der Waals surface area contributed by atoms with Crippen LogP contribution in [0.2, 0.25) is 0 Å². The van der Waals surface area contributed by atoms with Gasteiger partial charge in [0.15, 0.2) is 11.6 Å². The predicted octanol–water partition coefficient (Wildman–Crippen LogP) is 4.52. The molecule has 1 fully saturated rings. The molecule has 1 atom stereocenters. The number of alkyl halides is 3. The number of hydrogen-bond donors (Lipinski definition) is 2. The van der Waals surface area contributed by atoms with Crippen LogP contribution in [0.25, 0.3) is 10.8 Å². The van der Waals surface area contributed by atoms with Crippen molar-refractivity contribution in [3.63, 3.8) is 0 Å². The molecule has 2 N–H and O–H groups in total. The Morgan fingerprint density at radius 2 is 1.88 bits per heavy atom. The summed E-state index contributed by atoms with van der Waals surface area (Å²) in [6.07, 6.45) is -6.11. The third-order valence-corrected chi connectivity index (χ3v) is 6.43. The number of carbonyl (C=O) groups is 1. The fraction of sp³-hybridized carbons (Fsp3) is 0.348. The summed E-state index contributed by atoms with van der Waals surface area (Å²) in [5.74, 6) is -4.31. The van der Waals surface area contributed by atoms with Gasteiger partial charge in [0.25, 0.3) is 5.91 Å². The van der Waals surface area contributed by atoms with E-state index in [1.165, 1.54) is 31.2 Å². The number of fused-ring (bicyclic) bond motifs is 1. The lowest BCUT2D eigenvalue weighted by Gasteiger charge is -2.47. The van der Waals surface area contributed by atoms with Gasteiger partial charge in [-0.05, 0) is 49.6 Å². The molecule has 0 radical (unpaired) electrons. The highest BCUT2D eigenvalue weighted by molar-refractivity contribution is 5.99. The van der Waals surface area contributed by atoms with Crippen LogP contribution in [0.4, 0.5) is 27.6 Å². The van der Waals surface area contributed by atoms with Crippen LogP contribution in [0.1, 0.15) is 36.9 Å². The number of carbonyl (C=O) groups excluding carboxylic acids is 1. The highest BCUT2D eigenvalue weighted by Gasteiger charge is 2.63. The van der Waals surface area contributed by atoms with Crippen molar-refractivity contribution in [2.45, 2.75) is 49.8 Å². The summed E-state index contributed by atoms with van der Waals surface area (Å²) in [4.78, 5) is 24.6. The van der Waals surface area contributed by atoms with E-state index in [9.17, 15) is 36.6 Å². The largest absolute Gasteiger partial charge is 0.426 e. The standard InChI is InChI=1S/C23H19F5N2O4/c1-12-15-10-13(6-7-14(15)19(31)34-30-12)29-20(32)22(33,23(26,27)28)11-21(8-3-9-21)16-4-2-5-17(24)18(16)25/h2,4-7,10,33H,3,8-9,11H2,1H3,(H,29,32). The van der Waals surface area contributed by atoms with Crippen LogP contribution in [0.3, 0.4) is 0 Å². The number of benzene rings is 2. The summed E-state index contributed by atoms with van der Waals surface area (Å²) in [7, 11) is 0. The zero-order valence-electron chi connectivity index (χ0n) is 17.8. The molecule has 11 heteroatoms. The maximum Gasteiger partial charge on any atom is 0.426 e. The zero-order valence-corrected chi connectivity index (χ0v) is 17.8. The van der Waals surface area contributed by atoms with Gasteiger partial charge in [-0.25, -0.2) is 13.6 Å². The molecule has 1 aromatic heterocycles. The average Bonchev–Trinajstić information content (AvgIpc) is 2.74. The Morgan fingerprint density at radius 3 is 2.50 bits per heavy atom. The van der Waals surface area contributed by atoms with E-state index in [1.54, 1.807) is 0 Å². The molecule has 1 aliphatic rings. The Bertz CT molecular complexity index is 1330. The van der Waals surface area contributed by atoms with Crippen molar-refractivity contribution in [3.8, 4) is 0 Å². The van der Waals surface area contributed by atoms with Crippen molar-refractivity contribution in [3.05, 3.63) is 69.7 Å². The molecule has 180 valence electrons. The molecule has 1 heterocycles. The van der Waals surface area contributed by atoms with Gasteiger partial charge in [-0.1, -0.05) is 23.7 Å². The van der Waals surface area contributed by atoms with Crippen molar-refractivity contribution in [1.29, 1.82) is 0 Å².